The molecule has 0 bridgehead atoms. The first-order valence-electron chi connectivity index (χ1n) is 5.50. The van der Waals surface area contributed by atoms with Gasteiger partial charge in [-0.25, -0.2) is 9.97 Å². The average Bonchev–Trinajstić information content (AvgIpc) is 2.82. The topological polar surface area (TPSA) is 79.1 Å². The molecule has 1 aliphatic rings. The smallest absolute Gasteiger partial charge is 0.132 e. The van der Waals surface area contributed by atoms with E-state index in [-0.39, 0.29) is 0 Å². The third kappa shape index (κ3) is 2.66. The van der Waals surface area contributed by atoms with Gasteiger partial charge in [-0.2, -0.15) is 0 Å². The van der Waals surface area contributed by atoms with Gasteiger partial charge < -0.3 is 10.6 Å². The minimum Gasteiger partial charge on any atom is -0.358 e. The van der Waals surface area contributed by atoms with E-state index in [0.717, 1.165) is 31.0 Å². The molecule has 1 atom stereocenters. The van der Waals surface area contributed by atoms with Crippen LogP contribution in [-0.4, -0.2) is 36.1 Å². The molecule has 1 aromatic heterocycles. The molecule has 4 N–H and O–H groups in total. The zero-order chi connectivity index (χ0) is 11.4. The number of aromatic nitrogens is 2. The average molecular weight is 222 g/mol. The van der Waals surface area contributed by atoms with Crippen molar-refractivity contribution in [3.63, 3.8) is 0 Å². The zero-order valence-corrected chi connectivity index (χ0v) is 9.48. The first kappa shape index (κ1) is 11.3. The Bertz CT molecular complexity index is 336. The number of anilines is 1. The van der Waals surface area contributed by atoms with Gasteiger partial charge in [0.15, 0.2) is 0 Å². The summed E-state index contributed by atoms with van der Waals surface area (Å²) in [6.45, 7) is 2.40. The SMILES string of the molecule is CN(CC1CCNN1)c1cc(CN)ncn1. The second-order valence-corrected chi connectivity index (χ2v) is 4.01. The third-order valence-corrected chi connectivity index (χ3v) is 2.73. The minimum atomic E-state index is 0.451. The van der Waals surface area contributed by atoms with E-state index >= 15 is 0 Å². The van der Waals surface area contributed by atoms with Crippen LogP contribution in [0.25, 0.3) is 0 Å². The van der Waals surface area contributed by atoms with Gasteiger partial charge in [0, 0.05) is 38.8 Å². The summed E-state index contributed by atoms with van der Waals surface area (Å²) in [7, 11) is 2.03. The predicted octanol–water partition coefficient (Wildman–Crippen LogP) is -0.762. The summed E-state index contributed by atoms with van der Waals surface area (Å²) in [5.74, 6) is 0.921. The van der Waals surface area contributed by atoms with Crippen molar-refractivity contribution in [2.24, 2.45) is 5.73 Å². The Hall–Kier alpha value is -1.24. The van der Waals surface area contributed by atoms with Gasteiger partial charge in [0.2, 0.25) is 0 Å². The Morgan fingerprint density at radius 3 is 3.12 bits per heavy atom. The van der Waals surface area contributed by atoms with Gasteiger partial charge in [-0.05, 0) is 6.42 Å². The summed E-state index contributed by atoms with van der Waals surface area (Å²) in [5, 5.41) is 0. The van der Waals surface area contributed by atoms with Crippen molar-refractivity contribution in [1.29, 1.82) is 0 Å². The van der Waals surface area contributed by atoms with Crippen LogP contribution < -0.4 is 21.5 Å². The van der Waals surface area contributed by atoms with Crippen molar-refractivity contribution < 1.29 is 0 Å². The molecule has 6 nitrogen and oxygen atoms in total. The van der Waals surface area contributed by atoms with Crippen molar-refractivity contribution in [1.82, 2.24) is 20.8 Å². The van der Waals surface area contributed by atoms with Crippen molar-refractivity contribution in [3.8, 4) is 0 Å². The number of hydrogen-bond acceptors (Lipinski definition) is 6. The van der Waals surface area contributed by atoms with Gasteiger partial charge in [0.05, 0.1) is 5.69 Å². The van der Waals surface area contributed by atoms with Crippen LogP contribution in [0.15, 0.2) is 12.4 Å². The minimum absolute atomic E-state index is 0.451. The van der Waals surface area contributed by atoms with Crippen LogP contribution in [0, 0.1) is 0 Å². The molecule has 1 unspecified atom stereocenters. The number of likely N-dealkylation sites (N-methyl/N-ethyl adjacent to an activating group) is 1. The van der Waals surface area contributed by atoms with Gasteiger partial charge in [-0.1, -0.05) is 0 Å². The highest BCUT2D eigenvalue weighted by Crippen LogP contribution is 2.10. The maximum atomic E-state index is 5.55. The lowest BCUT2D eigenvalue weighted by molar-refractivity contribution is 0.551. The number of nitrogens with two attached hydrogens (primary N) is 1. The van der Waals surface area contributed by atoms with Gasteiger partial charge >= 0.3 is 0 Å². The Morgan fingerprint density at radius 1 is 1.56 bits per heavy atom. The molecule has 2 heterocycles. The summed E-state index contributed by atoms with van der Waals surface area (Å²) in [6.07, 6.45) is 2.70. The van der Waals surface area contributed by atoms with Crippen LogP contribution in [0.4, 0.5) is 5.82 Å². The summed E-state index contributed by atoms with van der Waals surface area (Å²) in [4.78, 5) is 10.4. The summed E-state index contributed by atoms with van der Waals surface area (Å²) < 4.78 is 0. The normalized spacial score (nSPS) is 20.0. The van der Waals surface area contributed by atoms with Crippen molar-refractivity contribution in [3.05, 3.63) is 18.1 Å². The number of rotatable bonds is 4. The first-order chi connectivity index (χ1) is 7.79. The lowest BCUT2D eigenvalue weighted by atomic mass is 10.2. The van der Waals surface area contributed by atoms with Crippen LogP contribution in [0.1, 0.15) is 12.1 Å². The number of hydrazine groups is 1. The summed E-state index contributed by atoms with van der Waals surface area (Å²) >= 11 is 0. The third-order valence-electron chi connectivity index (χ3n) is 2.73. The quantitative estimate of drug-likeness (QED) is 0.621. The molecule has 6 heteroatoms. The van der Waals surface area contributed by atoms with Crippen molar-refractivity contribution in [2.75, 3.05) is 25.0 Å². The fraction of sp³-hybridized carbons (Fsp3) is 0.600. The van der Waals surface area contributed by atoms with Crippen LogP contribution >= 0.6 is 0 Å². The molecule has 0 saturated carbocycles. The van der Waals surface area contributed by atoms with Crippen molar-refractivity contribution in [2.45, 2.75) is 19.0 Å². The van der Waals surface area contributed by atoms with E-state index in [0.29, 0.717) is 12.6 Å². The molecule has 0 amide bonds. The van der Waals surface area contributed by atoms with E-state index < -0.39 is 0 Å². The molecular formula is C10H18N6. The van der Waals surface area contributed by atoms with Gasteiger partial charge in [0.1, 0.15) is 12.1 Å². The highest BCUT2D eigenvalue weighted by atomic mass is 15.4. The Labute approximate surface area is 95.2 Å². The monoisotopic (exact) mass is 222 g/mol. The van der Waals surface area contributed by atoms with E-state index in [9.17, 15) is 0 Å². The Balaban J connectivity index is 1.98. The van der Waals surface area contributed by atoms with E-state index in [1.54, 1.807) is 6.33 Å². The highest BCUT2D eigenvalue weighted by Gasteiger charge is 2.16. The summed E-state index contributed by atoms with van der Waals surface area (Å²) in [6, 6.07) is 2.41. The van der Waals surface area contributed by atoms with Gasteiger partial charge in [-0.15, -0.1) is 0 Å². The fourth-order valence-electron chi connectivity index (χ4n) is 1.80. The number of hydrogen-bond donors (Lipinski definition) is 3. The lowest BCUT2D eigenvalue weighted by Crippen LogP contribution is -2.39. The number of nitrogens with zero attached hydrogens (tertiary/aromatic N) is 3. The molecule has 0 aliphatic carbocycles. The molecule has 0 radical (unpaired) electrons. The standard InChI is InChI=1S/C10H18N6/c1-16(6-8-2-3-14-15-8)10-4-9(5-11)12-7-13-10/h4,7-8,14-15H,2-3,5-6,11H2,1H3. The molecule has 1 aromatic rings. The molecule has 2 rings (SSSR count). The van der Waals surface area contributed by atoms with Gasteiger partial charge in [0.25, 0.3) is 0 Å². The van der Waals surface area contributed by atoms with Crippen LogP contribution in [0.5, 0.6) is 0 Å². The second kappa shape index (κ2) is 5.20. The molecule has 88 valence electrons. The predicted molar refractivity (Wildman–Crippen MR) is 62.7 cm³/mol. The van der Waals surface area contributed by atoms with Crippen LogP contribution in [0.3, 0.4) is 0 Å². The highest BCUT2D eigenvalue weighted by molar-refractivity contribution is 5.38. The Kier molecular flexibility index (Phi) is 3.66. The molecule has 16 heavy (non-hydrogen) atoms. The maximum Gasteiger partial charge on any atom is 0.132 e. The second-order valence-electron chi connectivity index (χ2n) is 4.01. The van der Waals surface area contributed by atoms with E-state index in [1.807, 2.05) is 13.1 Å². The van der Waals surface area contributed by atoms with Crippen LogP contribution in [0.2, 0.25) is 0 Å². The van der Waals surface area contributed by atoms with Gasteiger partial charge in [-0.3, -0.25) is 10.9 Å². The molecule has 0 spiro atoms. The fourth-order valence-corrected chi connectivity index (χ4v) is 1.80. The van der Waals surface area contributed by atoms with E-state index in [2.05, 4.69) is 25.7 Å². The molecular weight excluding hydrogens is 204 g/mol. The number of nitrogens with one attached hydrogen (secondary N) is 2. The Morgan fingerprint density at radius 2 is 2.44 bits per heavy atom. The lowest BCUT2D eigenvalue weighted by Gasteiger charge is -2.21. The first-order valence-corrected chi connectivity index (χ1v) is 5.50. The molecule has 1 saturated heterocycles. The molecule has 1 fully saturated rings. The largest absolute Gasteiger partial charge is 0.358 e. The van der Waals surface area contributed by atoms with Crippen LogP contribution in [-0.2, 0) is 6.54 Å². The van der Waals surface area contributed by atoms with E-state index in [4.69, 9.17) is 5.73 Å². The maximum absolute atomic E-state index is 5.55. The molecule has 0 aromatic carbocycles. The zero-order valence-electron chi connectivity index (χ0n) is 9.48. The molecule has 1 aliphatic heterocycles. The van der Waals surface area contributed by atoms with E-state index in [1.165, 1.54) is 0 Å². The van der Waals surface area contributed by atoms with Crippen molar-refractivity contribution >= 4 is 5.82 Å². The summed E-state index contributed by atoms with van der Waals surface area (Å²) in [5.41, 5.74) is 12.8.